The van der Waals surface area contributed by atoms with Crippen LogP contribution >= 0.6 is 11.3 Å². The number of hydrazone groups is 1. The topological polar surface area (TPSA) is 109 Å². The van der Waals surface area contributed by atoms with E-state index in [0.717, 1.165) is 10.4 Å². The van der Waals surface area contributed by atoms with Gasteiger partial charge in [0.1, 0.15) is 4.83 Å². The molecule has 0 amide bonds. The van der Waals surface area contributed by atoms with E-state index in [2.05, 4.69) is 15.5 Å². The molecule has 1 N–H and O–H groups in total. The number of para-hydroxylation sites is 1. The molecule has 29 heavy (non-hydrogen) atoms. The highest BCUT2D eigenvalue weighted by atomic mass is 32.1. The zero-order valence-corrected chi connectivity index (χ0v) is 17.0. The molecule has 2 aromatic heterocycles. The number of carboxylic acid groups (broad SMARTS) is 1. The Morgan fingerprint density at radius 1 is 1.34 bits per heavy atom. The second-order valence-corrected chi connectivity index (χ2v) is 8.50. The average molecular weight is 411 g/mol. The number of hydrogen-bond donors (Lipinski definition) is 1. The lowest BCUT2D eigenvalue weighted by Crippen LogP contribution is -2.32. The maximum absolute atomic E-state index is 13.5. The fraction of sp³-hybridized carbons (Fsp3) is 0.300. The van der Waals surface area contributed by atoms with Gasteiger partial charge in [0.05, 0.1) is 35.0 Å². The lowest BCUT2D eigenvalue weighted by molar-refractivity contribution is -0.294. The standard InChI is InChI=1S/C20H20N4O4S/c1-11(18(26)27)22-23-19-21-16-15(13-9-20(2,3)28-10-14(13)29-16)17(25)24(19)12-7-5-4-6-8-12/h4-8H,9-10H2,1-3H3,(H,21,23)(H,26,27)/p-1/b22-11-. The smallest absolute Gasteiger partial charge is 0.268 e. The van der Waals surface area contributed by atoms with Crippen molar-refractivity contribution in [3.05, 3.63) is 51.1 Å². The number of nitrogens with zero attached hydrogens (tertiary/aromatic N) is 3. The Hall–Kier alpha value is -3.04. The third kappa shape index (κ3) is 3.54. The number of fused-ring (bicyclic) bond motifs is 3. The van der Waals surface area contributed by atoms with E-state index >= 15 is 0 Å². The molecule has 0 fully saturated rings. The Bertz CT molecular complexity index is 1190. The summed E-state index contributed by atoms with van der Waals surface area (Å²) in [6.07, 6.45) is 0.614. The number of ether oxygens (including phenoxy) is 1. The fourth-order valence-corrected chi connectivity index (χ4v) is 4.36. The van der Waals surface area contributed by atoms with Crippen LogP contribution < -0.4 is 16.1 Å². The molecule has 3 heterocycles. The average Bonchev–Trinajstić information content (AvgIpc) is 3.03. The van der Waals surface area contributed by atoms with E-state index in [9.17, 15) is 14.7 Å². The Kier molecular flexibility index (Phi) is 4.71. The Morgan fingerprint density at radius 3 is 2.76 bits per heavy atom. The van der Waals surface area contributed by atoms with Gasteiger partial charge in [0.2, 0.25) is 5.95 Å². The molecular formula is C20H19N4O4S-. The Balaban J connectivity index is 1.96. The molecule has 8 nitrogen and oxygen atoms in total. The summed E-state index contributed by atoms with van der Waals surface area (Å²) in [6.45, 7) is 5.72. The van der Waals surface area contributed by atoms with Crippen LogP contribution in [0.3, 0.4) is 0 Å². The van der Waals surface area contributed by atoms with E-state index in [1.807, 2.05) is 32.0 Å². The van der Waals surface area contributed by atoms with Gasteiger partial charge in [0.25, 0.3) is 5.56 Å². The van der Waals surface area contributed by atoms with E-state index in [4.69, 9.17) is 4.74 Å². The summed E-state index contributed by atoms with van der Waals surface area (Å²) in [6, 6.07) is 9.03. The minimum Gasteiger partial charge on any atom is -0.543 e. The zero-order chi connectivity index (χ0) is 20.8. The summed E-state index contributed by atoms with van der Waals surface area (Å²) in [4.78, 5) is 30.6. The number of carbonyl (C=O) groups excluding carboxylic acids is 1. The number of thiophene rings is 1. The van der Waals surface area contributed by atoms with E-state index in [-0.39, 0.29) is 22.8 Å². The number of carboxylic acids is 1. The summed E-state index contributed by atoms with van der Waals surface area (Å²) >= 11 is 1.41. The summed E-state index contributed by atoms with van der Waals surface area (Å²) in [5, 5.41) is 15.3. The maximum Gasteiger partial charge on any atom is 0.268 e. The SMILES string of the molecule is C/C(=N/Nc1nc2sc3c(c2c(=O)n1-c1ccccc1)CC(C)(C)OC3)C(=O)[O-]. The predicted molar refractivity (Wildman–Crippen MR) is 110 cm³/mol. The second kappa shape index (κ2) is 7.09. The lowest BCUT2D eigenvalue weighted by atomic mass is 9.94. The van der Waals surface area contributed by atoms with Crippen molar-refractivity contribution in [1.29, 1.82) is 0 Å². The number of aromatic nitrogens is 2. The van der Waals surface area contributed by atoms with E-state index in [1.165, 1.54) is 22.8 Å². The first kappa shape index (κ1) is 19.3. The van der Waals surface area contributed by atoms with Crippen LogP contribution in [0.4, 0.5) is 5.95 Å². The first-order chi connectivity index (χ1) is 13.8. The number of nitrogens with one attached hydrogen (secondary N) is 1. The molecule has 0 atom stereocenters. The molecule has 0 unspecified atom stereocenters. The molecule has 0 radical (unpaired) electrons. The molecule has 0 aliphatic carbocycles. The third-order valence-corrected chi connectivity index (χ3v) is 5.84. The van der Waals surface area contributed by atoms with Gasteiger partial charge in [-0.25, -0.2) is 15.0 Å². The van der Waals surface area contributed by atoms with Gasteiger partial charge < -0.3 is 14.6 Å². The van der Waals surface area contributed by atoms with Crippen LogP contribution in [-0.4, -0.2) is 26.8 Å². The molecule has 0 saturated heterocycles. The minimum absolute atomic E-state index is 0.132. The van der Waals surface area contributed by atoms with Crippen LogP contribution in [0, 0.1) is 0 Å². The molecule has 0 spiro atoms. The number of anilines is 1. The molecule has 1 aliphatic heterocycles. The fourth-order valence-electron chi connectivity index (χ4n) is 3.26. The van der Waals surface area contributed by atoms with Gasteiger partial charge in [0, 0.05) is 11.3 Å². The second-order valence-electron chi connectivity index (χ2n) is 7.42. The number of rotatable bonds is 4. The molecule has 3 aromatic rings. The number of hydrogen-bond acceptors (Lipinski definition) is 8. The number of carbonyl (C=O) groups is 1. The van der Waals surface area contributed by atoms with Gasteiger partial charge in [-0.05, 0) is 38.5 Å². The van der Waals surface area contributed by atoms with Gasteiger partial charge in [-0.3, -0.25) is 4.79 Å². The van der Waals surface area contributed by atoms with Crippen molar-refractivity contribution >= 4 is 39.2 Å². The molecular weight excluding hydrogens is 392 g/mol. The van der Waals surface area contributed by atoms with Crippen LogP contribution in [0.2, 0.25) is 0 Å². The largest absolute Gasteiger partial charge is 0.543 e. The molecule has 9 heteroatoms. The van der Waals surface area contributed by atoms with Crippen molar-refractivity contribution in [2.75, 3.05) is 5.43 Å². The number of benzene rings is 1. The highest BCUT2D eigenvalue weighted by Crippen LogP contribution is 2.37. The van der Waals surface area contributed by atoms with E-state index < -0.39 is 5.97 Å². The summed E-state index contributed by atoms with van der Waals surface area (Å²) in [7, 11) is 0. The third-order valence-electron chi connectivity index (χ3n) is 4.74. The molecule has 0 bridgehead atoms. The monoisotopic (exact) mass is 411 g/mol. The van der Waals surface area contributed by atoms with Gasteiger partial charge in [-0.15, -0.1) is 11.3 Å². The van der Waals surface area contributed by atoms with E-state index in [1.54, 1.807) is 12.1 Å². The first-order valence-corrected chi connectivity index (χ1v) is 9.87. The molecule has 4 rings (SSSR count). The summed E-state index contributed by atoms with van der Waals surface area (Å²) in [5.74, 6) is -1.27. The number of aliphatic carboxylic acids is 1. The van der Waals surface area contributed by atoms with Crippen LogP contribution in [0.15, 0.2) is 40.2 Å². The van der Waals surface area contributed by atoms with Gasteiger partial charge in [0.15, 0.2) is 0 Å². The molecule has 1 aromatic carbocycles. The van der Waals surface area contributed by atoms with Gasteiger partial charge >= 0.3 is 0 Å². The summed E-state index contributed by atoms with van der Waals surface area (Å²) < 4.78 is 7.28. The van der Waals surface area contributed by atoms with Crippen molar-refractivity contribution < 1.29 is 14.6 Å². The highest BCUT2D eigenvalue weighted by molar-refractivity contribution is 7.18. The molecule has 1 aliphatic rings. The van der Waals surface area contributed by atoms with E-state index in [0.29, 0.717) is 28.9 Å². The maximum atomic E-state index is 13.5. The van der Waals surface area contributed by atoms with Crippen LogP contribution in [0.25, 0.3) is 15.9 Å². The predicted octanol–water partition coefficient (Wildman–Crippen LogP) is 1.84. The normalized spacial score (nSPS) is 15.9. The molecule has 0 saturated carbocycles. The van der Waals surface area contributed by atoms with Crippen LogP contribution in [0.5, 0.6) is 0 Å². The van der Waals surface area contributed by atoms with Crippen molar-refractivity contribution in [2.24, 2.45) is 5.10 Å². The lowest BCUT2D eigenvalue weighted by Gasteiger charge is -2.29. The van der Waals surface area contributed by atoms with Crippen molar-refractivity contribution in [1.82, 2.24) is 9.55 Å². The van der Waals surface area contributed by atoms with Crippen molar-refractivity contribution in [2.45, 2.75) is 39.4 Å². The Labute approximate surface area is 170 Å². The summed E-state index contributed by atoms with van der Waals surface area (Å²) in [5.41, 5.74) is 3.33. The van der Waals surface area contributed by atoms with Crippen molar-refractivity contribution in [3.63, 3.8) is 0 Å². The molecule has 150 valence electrons. The van der Waals surface area contributed by atoms with Crippen LogP contribution in [-0.2, 0) is 22.6 Å². The quantitative estimate of drug-likeness (QED) is 0.518. The van der Waals surface area contributed by atoms with Gasteiger partial charge in [-0.2, -0.15) is 5.10 Å². The highest BCUT2D eigenvalue weighted by Gasteiger charge is 2.31. The van der Waals surface area contributed by atoms with Crippen molar-refractivity contribution in [3.8, 4) is 5.69 Å². The Morgan fingerprint density at radius 2 is 2.07 bits per heavy atom. The van der Waals surface area contributed by atoms with Gasteiger partial charge in [-0.1, -0.05) is 18.2 Å². The minimum atomic E-state index is -1.40. The van der Waals surface area contributed by atoms with Crippen LogP contribution in [0.1, 0.15) is 31.2 Å². The zero-order valence-electron chi connectivity index (χ0n) is 16.2. The first-order valence-electron chi connectivity index (χ1n) is 9.05.